The lowest BCUT2D eigenvalue weighted by molar-refractivity contribution is 0.0685. The van der Waals surface area contributed by atoms with Crippen LogP contribution in [0.3, 0.4) is 0 Å². The number of hydrogen-bond donors (Lipinski definition) is 1. The zero-order chi connectivity index (χ0) is 22.8. The summed E-state index contributed by atoms with van der Waals surface area (Å²) in [6, 6.07) is 6.16. The fourth-order valence-corrected chi connectivity index (χ4v) is 5.09. The fraction of sp³-hybridized carbons (Fsp3) is 0.769. The van der Waals surface area contributed by atoms with Gasteiger partial charge in [-0.3, -0.25) is 4.90 Å². The first-order valence-corrected chi connectivity index (χ1v) is 12.6. The van der Waals surface area contributed by atoms with E-state index in [4.69, 9.17) is 9.47 Å². The summed E-state index contributed by atoms with van der Waals surface area (Å²) in [6.45, 7) is 7.17. The van der Waals surface area contributed by atoms with Crippen LogP contribution in [0.15, 0.2) is 18.2 Å². The van der Waals surface area contributed by atoms with Crippen LogP contribution in [-0.4, -0.2) is 93.0 Å². The molecule has 2 fully saturated rings. The predicted molar refractivity (Wildman–Crippen MR) is 131 cm³/mol. The van der Waals surface area contributed by atoms with Gasteiger partial charge in [0.1, 0.15) is 12.7 Å². The third-order valence-corrected chi connectivity index (χ3v) is 7.02. The minimum atomic E-state index is -0.509. The van der Waals surface area contributed by atoms with Gasteiger partial charge in [0, 0.05) is 26.2 Å². The van der Waals surface area contributed by atoms with Crippen LogP contribution in [0.1, 0.15) is 50.5 Å². The van der Waals surface area contributed by atoms with Gasteiger partial charge in [-0.25, -0.2) is 0 Å². The lowest BCUT2D eigenvalue weighted by atomic mass is 10.0. The lowest BCUT2D eigenvalue weighted by Crippen LogP contribution is -2.37. The molecule has 3 rings (SSSR count). The van der Waals surface area contributed by atoms with Gasteiger partial charge in [-0.1, -0.05) is 31.7 Å². The van der Waals surface area contributed by atoms with Gasteiger partial charge in [-0.05, 0) is 76.6 Å². The van der Waals surface area contributed by atoms with Crippen LogP contribution >= 0.6 is 0 Å². The molecule has 1 aromatic rings. The van der Waals surface area contributed by atoms with Crippen molar-refractivity contribution in [2.24, 2.45) is 5.92 Å². The number of rotatable bonds is 12. The van der Waals surface area contributed by atoms with Gasteiger partial charge in [0.25, 0.3) is 0 Å². The van der Waals surface area contributed by atoms with E-state index in [0.29, 0.717) is 6.54 Å². The molecular weight excluding hydrogens is 402 g/mol. The average Bonchev–Trinajstić information content (AvgIpc) is 3.21. The zero-order valence-electron chi connectivity index (χ0n) is 20.6. The highest BCUT2D eigenvalue weighted by Crippen LogP contribution is 2.30. The molecule has 1 unspecified atom stereocenters. The SMILES string of the molecule is COc1ccc(CN(C)CCCC2CCCC2)cc1OCC(O)CN1CCCN(C)CC1. The van der Waals surface area contributed by atoms with Crippen molar-refractivity contribution in [2.45, 2.75) is 57.6 Å². The molecule has 0 spiro atoms. The van der Waals surface area contributed by atoms with Crippen LogP contribution < -0.4 is 9.47 Å². The highest BCUT2D eigenvalue weighted by Gasteiger charge is 2.17. The minimum Gasteiger partial charge on any atom is -0.493 e. The molecule has 6 nitrogen and oxygen atoms in total. The second-order valence-corrected chi connectivity index (χ2v) is 9.94. The van der Waals surface area contributed by atoms with Crippen LogP contribution in [0.25, 0.3) is 0 Å². The molecule has 1 N–H and O–H groups in total. The number of likely N-dealkylation sites (N-methyl/N-ethyl adjacent to an activating group) is 1. The first-order chi connectivity index (χ1) is 15.5. The van der Waals surface area contributed by atoms with E-state index in [-0.39, 0.29) is 6.61 Å². The van der Waals surface area contributed by atoms with Crippen LogP contribution in [0.5, 0.6) is 11.5 Å². The Morgan fingerprint density at radius 1 is 1.09 bits per heavy atom. The topological polar surface area (TPSA) is 48.4 Å². The molecule has 1 heterocycles. The molecule has 1 aliphatic heterocycles. The maximum Gasteiger partial charge on any atom is 0.161 e. The molecule has 1 aromatic carbocycles. The van der Waals surface area contributed by atoms with E-state index in [1.165, 1.54) is 44.1 Å². The fourth-order valence-electron chi connectivity index (χ4n) is 5.09. The van der Waals surface area contributed by atoms with E-state index < -0.39 is 6.10 Å². The van der Waals surface area contributed by atoms with Crippen LogP contribution in [0.4, 0.5) is 0 Å². The molecule has 182 valence electrons. The Bertz CT molecular complexity index is 666. The van der Waals surface area contributed by atoms with Crippen LogP contribution in [-0.2, 0) is 6.54 Å². The molecule has 0 aromatic heterocycles. The molecule has 32 heavy (non-hydrogen) atoms. The van der Waals surface area contributed by atoms with Crippen molar-refractivity contribution in [1.82, 2.24) is 14.7 Å². The van der Waals surface area contributed by atoms with Gasteiger partial charge in [-0.2, -0.15) is 0 Å². The number of benzene rings is 1. The molecule has 1 aliphatic carbocycles. The second-order valence-electron chi connectivity index (χ2n) is 9.94. The zero-order valence-corrected chi connectivity index (χ0v) is 20.6. The summed E-state index contributed by atoms with van der Waals surface area (Å²) in [7, 11) is 6.03. The Labute approximate surface area is 195 Å². The molecule has 1 atom stereocenters. The number of ether oxygens (including phenoxy) is 2. The highest BCUT2D eigenvalue weighted by atomic mass is 16.5. The quantitative estimate of drug-likeness (QED) is 0.529. The van der Waals surface area contributed by atoms with Crippen molar-refractivity contribution in [3.05, 3.63) is 23.8 Å². The Balaban J connectivity index is 1.44. The smallest absolute Gasteiger partial charge is 0.161 e. The second kappa shape index (κ2) is 13.4. The highest BCUT2D eigenvalue weighted by molar-refractivity contribution is 5.43. The van der Waals surface area contributed by atoms with Crippen molar-refractivity contribution in [2.75, 3.05) is 67.1 Å². The van der Waals surface area contributed by atoms with Crippen molar-refractivity contribution in [3.8, 4) is 11.5 Å². The third-order valence-electron chi connectivity index (χ3n) is 7.02. The molecule has 1 saturated carbocycles. The summed E-state index contributed by atoms with van der Waals surface area (Å²) in [6.07, 6.45) is 9.01. The average molecular weight is 448 g/mol. The van der Waals surface area contributed by atoms with Crippen molar-refractivity contribution in [3.63, 3.8) is 0 Å². The number of methoxy groups -OCH3 is 1. The first kappa shape index (κ1) is 25.3. The van der Waals surface area contributed by atoms with E-state index in [2.05, 4.69) is 40.9 Å². The number of aliphatic hydroxyl groups is 1. The first-order valence-electron chi connectivity index (χ1n) is 12.6. The summed E-state index contributed by atoms with van der Waals surface area (Å²) in [5.74, 6) is 2.41. The number of nitrogens with zero attached hydrogens (tertiary/aromatic N) is 3. The van der Waals surface area contributed by atoms with Gasteiger partial charge >= 0.3 is 0 Å². The Hall–Kier alpha value is -1.34. The van der Waals surface area contributed by atoms with Gasteiger partial charge in [-0.15, -0.1) is 0 Å². The van der Waals surface area contributed by atoms with Gasteiger partial charge < -0.3 is 24.4 Å². The monoisotopic (exact) mass is 447 g/mol. The summed E-state index contributed by atoms with van der Waals surface area (Å²) < 4.78 is 11.5. The van der Waals surface area contributed by atoms with E-state index in [1.54, 1.807) is 7.11 Å². The van der Waals surface area contributed by atoms with Crippen LogP contribution in [0, 0.1) is 5.92 Å². The van der Waals surface area contributed by atoms with E-state index in [1.807, 2.05) is 6.07 Å². The van der Waals surface area contributed by atoms with E-state index >= 15 is 0 Å². The predicted octanol–water partition coefficient (Wildman–Crippen LogP) is 3.47. The van der Waals surface area contributed by atoms with Gasteiger partial charge in [0.2, 0.25) is 0 Å². The van der Waals surface area contributed by atoms with E-state index in [9.17, 15) is 5.11 Å². The lowest BCUT2D eigenvalue weighted by Gasteiger charge is -2.24. The standard InChI is InChI=1S/C26H45N3O3/c1-27-14-7-15-29(17-16-27)20-24(30)21-32-26-18-23(11-12-25(26)31-3)19-28(2)13-6-10-22-8-4-5-9-22/h11-12,18,22,24,30H,4-10,13-17,19-21H2,1-3H3. The maximum atomic E-state index is 10.6. The molecular formula is C26H45N3O3. The molecule has 1 saturated heterocycles. The van der Waals surface area contributed by atoms with Gasteiger partial charge in [0.05, 0.1) is 7.11 Å². The molecule has 0 bridgehead atoms. The number of hydrogen-bond acceptors (Lipinski definition) is 6. The van der Waals surface area contributed by atoms with Crippen molar-refractivity contribution < 1.29 is 14.6 Å². The van der Waals surface area contributed by atoms with Crippen molar-refractivity contribution in [1.29, 1.82) is 0 Å². The molecule has 2 aliphatic rings. The largest absolute Gasteiger partial charge is 0.493 e. The molecule has 6 heteroatoms. The number of aliphatic hydroxyl groups excluding tert-OH is 1. The normalized spacial score (nSPS) is 19.9. The van der Waals surface area contributed by atoms with Crippen molar-refractivity contribution >= 4 is 0 Å². The third kappa shape index (κ3) is 8.54. The minimum absolute atomic E-state index is 0.281. The van der Waals surface area contributed by atoms with E-state index in [0.717, 1.165) is 63.1 Å². The Morgan fingerprint density at radius 3 is 2.69 bits per heavy atom. The summed E-state index contributed by atoms with van der Waals surface area (Å²) in [5, 5.41) is 10.6. The summed E-state index contributed by atoms with van der Waals surface area (Å²) in [4.78, 5) is 7.09. The Kier molecular flexibility index (Phi) is 10.6. The molecule has 0 radical (unpaired) electrons. The number of β-amino-alcohol motifs (C(OH)–C–C–N with tert-alkyl or cyclic N) is 1. The molecule has 0 amide bonds. The Morgan fingerprint density at radius 2 is 1.91 bits per heavy atom. The van der Waals surface area contributed by atoms with Gasteiger partial charge in [0.15, 0.2) is 11.5 Å². The summed E-state index contributed by atoms with van der Waals surface area (Å²) >= 11 is 0. The summed E-state index contributed by atoms with van der Waals surface area (Å²) in [5.41, 5.74) is 1.22. The van der Waals surface area contributed by atoms with Crippen LogP contribution in [0.2, 0.25) is 0 Å². The maximum absolute atomic E-state index is 10.6.